The van der Waals surface area contributed by atoms with Crippen LogP contribution in [0.15, 0.2) is 24.3 Å². The first kappa shape index (κ1) is 14.6. The van der Waals surface area contributed by atoms with Crippen LogP contribution >= 0.6 is 11.8 Å². The van der Waals surface area contributed by atoms with Crippen molar-refractivity contribution in [3.8, 4) is 0 Å². The van der Waals surface area contributed by atoms with Gasteiger partial charge in [0.2, 0.25) is 0 Å². The quantitative estimate of drug-likeness (QED) is 0.838. The predicted octanol–water partition coefficient (Wildman–Crippen LogP) is 3.79. The number of hydrogen-bond acceptors (Lipinski definition) is 3. The predicted molar refractivity (Wildman–Crippen MR) is 80.7 cm³/mol. The molecule has 1 aliphatic heterocycles. The number of ether oxygens (including phenoxy) is 1. The monoisotopic (exact) mass is 278 g/mol. The van der Waals surface area contributed by atoms with Gasteiger partial charge in [-0.1, -0.05) is 45.0 Å². The lowest BCUT2D eigenvalue weighted by Gasteiger charge is -2.26. The number of benzene rings is 1. The van der Waals surface area contributed by atoms with Crippen LogP contribution in [0.1, 0.15) is 44.4 Å². The number of hydrogen-bond donors (Lipinski definition) is 0. The van der Waals surface area contributed by atoms with E-state index in [-0.39, 0.29) is 16.6 Å². The van der Waals surface area contributed by atoms with Crippen LogP contribution in [-0.2, 0) is 16.0 Å². The lowest BCUT2D eigenvalue weighted by molar-refractivity contribution is -0.119. The fourth-order valence-electron chi connectivity index (χ4n) is 2.21. The molecule has 0 saturated carbocycles. The minimum atomic E-state index is -0.0435. The van der Waals surface area contributed by atoms with E-state index in [1.807, 2.05) is 6.07 Å². The van der Waals surface area contributed by atoms with E-state index < -0.39 is 0 Å². The van der Waals surface area contributed by atoms with Crippen molar-refractivity contribution in [2.45, 2.75) is 44.5 Å². The standard InChI is InChI=1S/C16H22O2S/c1-16(2,3)19-11-13(17)10-15-14-7-5-4-6-12(14)8-9-18-15/h4-7,15H,8-11H2,1-3H3. The molecule has 1 aromatic carbocycles. The first-order valence-corrected chi connectivity index (χ1v) is 7.79. The van der Waals surface area contributed by atoms with Gasteiger partial charge in [0, 0.05) is 11.2 Å². The van der Waals surface area contributed by atoms with Gasteiger partial charge in [0.25, 0.3) is 0 Å². The van der Waals surface area contributed by atoms with Crippen LogP contribution in [0.25, 0.3) is 0 Å². The Morgan fingerprint density at radius 3 is 2.84 bits per heavy atom. The SMILES string of the molecule is CC(C)(C)SCC(=O)CC1OCCc2ccccc21. The number of fused-ring (bicyclic) bond motifs is 1. The van der Waals surface area contributed by atoms with Gasteiger partial charge in [-0.2, -0.15) is 0 Å². The van der Waals surface area contributed by atoms with Crippen molar-refractivity contribution in [2.75, 3.05) is 12.4 Å². The summed E-state index contributed by atoms with van der Waals surface area (Å²) in [7, 11) is 0. The Morgan fingerprint density at radius 1 is 1.37 bits per heavy atom. The Labute approximate surface area is 119 Å². The summed E-state index contributed by atoms with van der Waals surface area (Å²) < 4.78 is 5.92. The van der Waals surface area contributed by atoms with Gasteiger partial charge in [0.1, 0.15) is 5.78 Å². The molecule has 19 heavy (non-hydrogen) atoms. The summed E-state index contributed by atoms with van der Waals surface area (Å²) in [5.41, 5.74) is 2.53. The fourth-order valence-corrected chi connectivity index (χ4v) is 2.92. The third-order valence-electron chi connectivity index (χ3n) is 3.17. The van der Waals surface area contributed by atoms with Crippen molar-refractivity contribution in [2.24, 2.45) is 0 Å². The third kappa shape index (κ3) is 4.36. The van der Waals surface area contributed by atoms with E-state index in [0.29, 0.717) is 12.2 Å². The Morgan fingerprint density at radius 2 is 2.11 bits per heavy atom. The molecule has 1 aliphatic rings. The van der Waals surface area contributed by atoms with Crippen LogP contribution in [0.2, 0.25) is 0 Å². The van der Waals surface area contributed by atoms with Crippen LogP contribution in [-0.4, -0.2) is 22.9 Å². The lowest BCUT2D eigenvalue weighted by Crippen LogP contribution is -2.21. The molecule has 0 fully saturated rings. The van der Waals surface area contributed by atoms with Gasteiger partial charge in [-0.05, 0) is 17.5 Å². The van der Waals surface area contributed by atoms with E-state index in [2.05, 4.69) is 39.0 Å². The van der Waals surface area contributed by atoms with E-state index >= 15 is 0 Å². The van der Waals surface area contributed by atoms with E-state index in [1.54, 1.807) is 11.8 Å². The fraction of sp³-hybridized carbons (Fsp3) is 0.562. The highest BCUT2D eigenvalue weighted by molar-refractivity contribution is 8.01. The molecule has 0 amide bonds. The maximum Gasteiger partial charge on any atom is 0.145 e. The summed E-state index contributed by atoms with van der Waals surface area (Å²) >= 11 is 1.71. The summed E-state index contributed by atoms with van der Waals surface area (Å²) in [5, 5.41) is 0. The minimum Gasteiger partial charge on any atom is -0.373 e. The second-order valence-corrected chi connectivity index (χ2v) is 7.75. The Kier molecular flexibility index (Phi) is 4.69. The number of rotatable bonds is 4. The molecule has 2 nitrogen and oxygen atoms in total. The molecule has 0 bridgehead atoms. The van der Waals surface area contributed by atoms with Crippen LogP contribution < -0.4 is 0 Å². The molecule has 1 atom stereocenters. The van der Waals surface area contributed by atoms with E-state index in [4.69, 9.17) is 4.74 Å². The average molecular weight is 278 g/mol. The highest BCUT2D eigenvalue weighted by atomic mass is 32.2. The van der Waals surface area contributed by atoms with Crippen molar-refractivity contribution < 1.29 is 9.53 Å². The highest BCUT2D eigenvalue weighted by Gasteiger charge is 2.23. The molecule has 2 rings (SSSR count). The van der Waals surface area contributed by atoms with Crippen molar-refractivity contribution >= 4 is 17.5 Å². The van der Waals surface area contributed by atoms with Crippen molar-refractivity contribution in [3.05, 3.63) is 35.4 Å². The van der Waals surface area contributed by atoms with Crippen molar-refractivity contribution in [3.63, 3.8) is 0 Å². The number of thioether (sulfide) groups is 1. The largest absolute Gasteiger partial charge is 0.373 e. The van der Waals surface area contributed by atoms with Crippen LogP contribution in [0, 0.1) is 0 Å². The van der Waals surface area contributed by atoms with Gasteiger partial charge in [-0.25, -0.2) is 0 Å². The van der Waals surface area contributed by atoms with E-state index in [0.717, 1.165) is 13.0 Å². The topological polar surface area (TPSA) is 26.3 Å². The van der Waals surface area contributed by atoms with Gasteiger partial charge in [0.15, 0.2) is 0 Å². The van der Waals surface area contributed by atoms with Gasteiger partial charge in [-0.3, -0.25) is 4.79 Å². The zero-order valence-corrected chi connectivity index (χ0v) is 12.8. The Bertz CT molecular complexity index is 448. The molecule has 0 aliphatic carbocycles. The number of carbonyl (C=O) groups is 1. The average Bonchev–Trinajstić information content (AvgIpc) is 2.36. The summed E-state index contributed by atoms with van der Waals surface area (Å²) in [6.45, 7) is 7.13. The van der Waals surface area contributed by atoms with Gasteiger partial charge in [-0.15, -0.1) is 11.8 Å². The smallest absolute Gasteiger partial charge is 0.145 e. The molecule has 0 N–H and O–H groups in total. The van der Waals surface area contributed by atoms with E-state index in [9.17, 15) is 4.79 Å². The third-order valence-corrected chi connectivity index (χ3v) is 4.50. The summed E-state index contributed by atoms with van der Waals surface area (Å²) in [5.74, 6) is 0.854. The highest BCUT2D eigenvalue weighted by Crippen LogP contribution is 2.31. The maximum absolute atomic E-state index is 12.1. The van der Waals surface area contributed by atoms with E-state index in [1.165, 1.54) is 11.1 Å². The molecule has 1 unspecified atom stereocenters. The molecule has 104 valence electrons. The van der Waals surface area contributed by atoms with Gasteiger partial charge < -0.3 is 4.74 Å². The molecule has 0 saturated heterocycles. The summed E-state index contributed by atoms with van der Waals surface area (Å²) in [6.07, 6.45) is 1.41. The molecule has 0 radical (unpaired) electrons. The molecule has 1 heterocycles. The lowest BCUT2D eigenvalue weighted by atomic mass is 9.95. The van der Waals surface area contributed by atoms with Gasteiger partial charge >= 0.3 is 0 Å². The zero-order chi connectivity index (χ0) is 13.9. The first-order valence-electron chi connectivity index (χ1n) is 6.81. The van der Waals surface area contributed by atoms with Crippen LogP contribution in [0.3, 0.4) is 0 Å². The van der Waals surface area contributed by atoms with Crippen LogP contribution in [0.4, 0.5) is 0 Å². The molecular weight excluding hydrogens is 256 g/mol. The molecule has 1 aromatic rings. The van der Waals surface area contributed by atoms with Gasteiger partial charge in [0.05, 0.1) is 18.5 Å². The van der Waals surface area contributed by atoms with Crippen molar-refractivity contribution in [1.29, 1.82) is 0 Å². The molecule has 0 aromatic heterocycles. The number of carbonyl (C=O) groups excluding carboxylic acids is 1. The zero-order valence-electron chi connectivity index (χ0n) is 11.9. The van der Waals surface area contributed by atoms with Crippen LogP contribution in [0.5, 0.6) is 0 Å². The normalized spacial score (nSPS) is 19.0. The first-order chi connectivity index (χ1) is 8.96. The molecular formula is C16H22O2S. The second-order valence-electron chi connectivity index (χ2n) is 5.95. The molecule has 0 spiro atoms. The second kappa shape index (κ2) is 6.10. The molecule has 3 heteroatoms. The van der Waals surface area contributed by atoms with Crippen molar-refractivity contribution in [1.82, 2.24) is 0 Å². The minimum absolute atomic E-state index is 0.0435. The summed E-state index contributed by atoms with van der Waals surface area (Å²) in [6, 6.07) is 8.30. The number of ketones is 1. The summed E-state index contributed by atoms with van der Waals surface area (Å²) in [4.78, 5) is 12.1. The number of Topliss-reactive ketones (excluding diaryl/α,β-unsaturated/α-hetero) is 1. The Balaban J connectivity index is 1.95. The Hall–Kier alpha value is -0.800. The maximum atomic E-state index is 12.1.